The number of carbonyl (C=O) groups is 1. The van der Waals surface area contributed by atoms with Gasteiger partial charge in [0.25, 0.3) is 0 Å². The van der Waals surface area contributed by atoms with Gasteiger partial charge < -0.3 is 9.73 Å². The van der Waals surface area contributed by atoms with Crippen molar-refractivity contribution in [3.63, 3.8) is 0 Å². The van der Waals surface area contributed by atoms with E-state index in [9.17, 15) is 4.79 Å². The van der Waals surface area contributed by atoms with Crippen LogP contribution in [0.5, 0.6) is 0 Å². The van der Waals surface area contributed by atoms with Crippen LogP contribution < -0.4 is 5.32 Å². The van der Waals surface area contributed by atoms with Crippen molar-refractivity contribution >= 4 is 6.41 Å². The predicted octanol–water partition coefficient (Wildman–Crippen LogP) is 0.842. The minimum absolute atomic E-state index is 0.326. The number of amides is 1. The van der Waals surface area contributed by atoms with Crippen molar-refractivity contribution in [1.82, 2.24) is 15.5 Å². The normalized spacial score (nSPS) is 27.1. The Hall–Kier alpha value is -1.39. The summed E-state index contributed by atoms with van der Waals surface area (Å²) in [7, 11) is 0. The van der Waals surface area contributed by atoms with Crippen LogP contribution in [0, 0.1) is 0 Å². The second-order valence-corrected chi connectivity index (χ2v) is 3.61. The van der Waals surface area contributed by atoms with Gasteiger partial charge in [-0.05, 0) is 25.7 Å². The maximum atomic E-state index is 10.2. The lowest BCUT2D eigenvalue weighted by Crippen LogP contribution is -2.31. The zero-order valence-corrected chi connectivity index (χ0v) is 7.85. The molecule has 1 amide bonds. The molecule has 0 saturated heterocycles. The first kappa shape index (κ1) is 9.18. The molecule has 1 aromatic heterocycles. The standard InChI is InChI=1S/C9H13N3O2/c13-5-10-8-3-1-7(2-4-8)9-12-11-6-14-9/h5-8H,1-4H2,(H,10,13). The summed E-state index contributed by atoms with van der Waals surface area (Å²) in [6, 6.07) is 0.326. The summed E-state index contributed by atoms with van der Waals surface area (Å²) in [5, 5.41) is 10.4. The Morgan fingerprint density at radius 2 is 2.21 bits per heavy atom. The Balaban J connectivity index is 1.87. The van der Waals surface area contributed by atoms with E-state index in [1.165, 1.54) is 6.39 Å². The number of nitrogens with zero attached hydrogens (tertiary/aromatic N) is 2. The van der Waals surface area contributed by atoms with Crippen molar-refractivity contribution < 1.29 is 9.21 Å². The molecule has 76 valence electrons. The lowest BCUT2D eigenvalue weighted by molar-refractivity contribution is -0.110. The van der Waals surface area contributed by atoms with Crippen molar-refractivity contribution in [2.45, 2.75) is 37.6 Å². The second-order valence-electron chi connectivity index (χ2n) is 3.61. The number of rotatable bonds is 3. The van der Waals surface area contributed by atoms with E-state index in [4.69, 9.17) is 4.42 Å². The molecule has 0 atom stereocenters. The average molecular weight is 195 g/mol. The van der Waals surface area contributed by atoms with E-state index < -0.39 is 0 Å². The van der Waals surface area contributed by atoms with Gasteiger partial charge in [0.2, 0.25) is 18.7 Å². The lowest BCUT2D eigenvalue weighted by Gasteiger charge is -2.25. The van der Waals surface area contributed by atoms with Crippen molar-refractivity contribution in [2.24, 2.45) is 0 Å². The Labute approximate surface area is 81.9 Å². The zero-order chi connectivity index (χ0) is 9.80. The highest BCUT2D eigenvalue weighted by molar-refractivity contribution is 5.46. The molecule has 1 aromatic rings. The molecule has 0 radical (unpaired) electrons. The summed E-state index contributed by atoms with van der Waals surface area (Å²) in [5.41, 5.74) is 0. The van der Waals surface area contributed by atoms with Gasteiger partial charge in [-0.1, -0.05) is 0 Å². The fourth-order valence-corrected chi connectivity index (χ4v) is 1.96. The third-order valence-electron chi connectivity index (χ3n) is 2.76. The van der Waals surface area contributed by atoms with E-state index in [-0.39, 0.29) is 0 Å². The van der Waals surface area contributed by atoms with Crippen LogP contribution in [0.15, 0.2) is 10.8 Å². The van der Waals surface area contributed by atoms with Crippen molar-refractivity contribution in [2.75, 3.05) is 0 Å². The molecule has 5 nitrogen and oxygen atoms in total. The minimum atomic E-state index is 0.326. The Morgan fingerprint density at radius 1 is 1.43 bits per heavy atom. The summed E-state index contributed by atoms with van der Waals surface area (Å²) >= 11 is 0. The van der Waals surface area contributed by atoms with E-state index in [0.29, 0.717) is 12.0 Å². The molecule has 2 rings (SSSR count). The molecule has 0 spiro atoms. The van der Waals surface area contributed by atoms with Crippen LogP contribution in [0.1, 0.15) is 37.5 Å². The predicted molar refractivity (Wildman–Crippen MR) is 48.5 cm³/mol. The van der Waals surface area contributed by atoms with E-state index >= 15 is 0 Å². The number of hydrogen-bond donors (Lipinski definition) is 1. The smallest absolute Gasteiger partial charge is 0.219 e. The molecular formula is C9H13N3O2. The number of aromatic nitrogens is 2. The molecule has 1 N–H and O–H groups in total. The third kappa shape index (κ3) is 1.92. The largest absolute Gasteiger partial charge is 0.428 e. The Morgan fingerprint density at radius 3 is 2.79 bits per heavy atom. The maximum absolute atomic E-state index is 10.2. The molecule has 1 aliphatic rings. The van der Waals surface area contributed by atoms with Crippen molar-refractivity contribution in [3.8, 4) is 0 Å². The molecule has 1 aliphatic carbocycles. The summed E-state index contributed by atoms with van der Waals surface area (Å²) in [6.07, 6.45) is 6.14. The number of carbonyl (C=O) groups excluding carboxylic acids is 1. The molecule has 1 saturated carbocycles. The Kier molecular flexibility index (Phi) is 2.76. The van der Waals surface area contributed by atoms with Gasteiger partial charge in [-0.25, -0.2) is 0 Å². The van der Waals surface area contributed by atoms with E-state index in [0.717, 1.165) is 38.0 Å². The van der Waals surface area contributed by atoms with E-state index in [2.05, 4.69) is 15.5 Å². The van der Waals surface area contributed by atoms with Gasteiger partial charge in [0, 0.05) is 12.0 Å². The minimum Gasteiger partial charge on any atom is -0.428 e. The molecule has 1 heterocycles. The molecule has 0 aromatic carbocycles. The maximum Gasteiger partial charge on any atom is 0.219 e. The SMILES string of the molecule is O=CNC1CCC(c2nnco2)CC1. The molecule has 0 unspecified atom stereocenters. The van der Waals surface area contributed by atoms with Crippen molar-refractivity contribution in [3.05, 3.63) is 12.3 Å². The van der Waals surface area contributed by atoms with Crippen LogP contribution in [-0.4, -0.2) is 22.6 Å². The van der Waals surface area contributed by atoms with Gasteiger partial charge >= 0.3 is 0 Å². The summed E-state index contributed by atoms with van der Waals surface area (Å²) in [5.74, 6) is 1.11. The number of hydrogen-bond acceptors (Lipinski definition) is 4. The fourth-order valence-electron chi connectivity index (χ4n) is 1.96. The first-order valence-electron chi connectivity index (χ1n) is 4.86. The van der Waals surface area contributed by atoms with Gasteiger partial charge in [-0.3, -0.25) is 4.79 Å². The topological polar surface area (TPSA) is 68.0 Å². The molecule has 14 heavy (non-hydrogen) atoms. The molecule has 1 fully saturated rings. The Bertz CT molecular complexity index is 278. The summed E-state index contributed by atoms with van der Waals surface area (Å²) < 4.78 is 5.16. The fraction of sp³-hybridized carbons (Fsp3) is 0.667. The monoisotopic (exact) mass is 195 g/mol. The van der Waals surface area contributed by atoms with Crippen LogP contribution in [0.2, 0.25) is 0 Å². The van der Waals surface area contributed by atoms with Gasteiger partial charge in [-0.2, -0.15) is 0 Å². The summed E-state index contributed by atoms with van der Waals surface area (Å²) in [4.78, 5) is 10.2. The molecule has 0 bridgehead atoms. The van der Waals surface area contributed by atoms with Crippen LogP contribution in [0.3, 0.4) is 0 Å². The zero-order valence-electron chi connectivity index (χ0n) is 7.85. The van der Waals surface area contributed by atoms with E-state index in [1.807, 2.05) is 0 Å². The summed E-state index contributed by atoms with van der Waals surface area (Å²) in [6.45, 7) is 0. The first-order chi connectivity index (χ1) is 6.90. The highest BCUT2D eigenvalue weighted by atomic mass is 16.4. The average Bonchev–Trinajstić information content (AvgIpc) is 2.72. The van der Waals surface area contributed by atoms with Crippen molar-refractivity contribution in [1.29, 1.82) is 0 Å². The van der Waals surface area contributed by atoms with Gasteiger partial charge in [0.1, 0.15) is 0 Å². The highest BCUT2D eigenvalue weighted by Crippen LogP contribution is 2.31. The van der Waals surface area contributed by atoms with E-state index in [1.54, 1.807) is 0 Å². The highest BCUT2D eigenvalue weighted by Gasteiger charge is 2.24. The van der Waals surface area contributed by atoms with Crippen LogP contribution in [0.25, 0.3) is 0 Å². The number of nitrogens with one attached hydrogen (secondary N) is 1. The molecular weight excluding hydrogens is 182 g/mol. The van der Waals surface area contributed by atoms with Crippen LogP contribution >= 0.6 is 0 Å². The van der Waals surface area contributed by atoms with Gasteiger partial charge in [0.05, 0.1) is 0 Å². The van der Waals surface area contributed by atoms with Gasteiger partial charge in [-0.15, -0.1) is 10.2 Å². The van der Waals surface area contributed by atoms with Crippen LogP contribution in [-0.2, 0) is 4.79 Å². The lowest BCUT2D eigenvalue weighted by atomic mass is 9.86. The molecule has 5 heteroatoms. The third-order valence-corrected chi connectivity index (χ3v) is 2.76. The first-order valence-corrected chi connectivity index (χ1v) is 4.86. The quantitative estimate of drug-likeness (QED) is 0.726. The van der Waals surface area contributed by atoms with Crippen LogP contribution in [0.4, 0.5) is 0 Å². The second kappa shape index (κ2) is 4.21. The van der Waals surface area contributed by atoms with Gasteiger partial charge in [0.15, 0.2) is 0 Å². The molecule has 0 aliphatic heterocycles.